The Balaban J connectivity index is 2.09. The molecule has 0 bridgehead atoms. The third kappa shape index (κ3) is 3.54. The monoisotopic (exact) mass is 299 g/mol. The Bertz CT molecular complexity index is 515. The Kier molecular flexibility index (Phi) is 5.09. The number of aromatic nitrogens is 1. The summed E-state index contributed by atoms with van der Waals surface area (Å²) in [5.41, 5.74) is 0.512. The van der Waals surface area contributed by atoms with Gasteiger partial charge in [-0.15, -0.1) is 0 Å². The van der Waals surface area contributed by atoms with Crippen molar-refractivity contribution < 1.29 is 13.5 Å². The van der Waals surface area contributed by atoms with Crippen molar-refractivity contribution in [1.82, 2.24) is 14.0 Å². The molecule has 2 N–H and O–H groups in total. The van der Waals surface area contributed by atoms with E-state index in [-0.39, 0.29) is 12.6 Å². The molecule has 1 aromatic rings. The molecular weight excluding hydrogens is 278 g/mol. The van der Waals surface area contributed by atoms with E-state index in [1.807, 2.05) is 0 Å². The molecule has 112 valence electrons. The summed E-state index contributed by atoms with van der Waals surface area (Å²) in [6, 6.07) is 4.54. The van der Waals surface area contributed by atoms with Crippen molar-refractivity contribution in [3.8, 4) is 0 Å². The number of nitrogens with one attached hydrogen (secondary N) is 1. The zero-order chi connectivity index (χ0) is 14.6. The van der Waals surface area contributed by atoms with Crippen molar-refractivity contribution in [2.45, 2.75) is 37.8 Å². The predicted octanol–water partition coefficient (Wildman–Crippen LogP) is 0.824. The second-order valence-corrected chi connectivity index (χ2v) is 6.83. The maximum absolute atomic E-state index is 12.3. The van der Waals surface area contributed by atoms with Crippen molar-refractivity contribution >= 4 is 10.2 Å². The molecular formula is C13H21N3O3S. The fourth-order valence-corrected chi connectivity index (χ4v) is 3.82. The van der Waals surface area contributed by atoms with Crippen molar-refractivity contribution in [2.75, 3.05) is 13.7 Å². The van der Waals surface area contributed by atoms with Crippen molar-refractivity contribution in [3.63, 3.8) is 0 Å². The van der Waals surface area contributed by atoms with Gasteiger partial charge in [0.05, 0.1) is 18.3 Å². The summed E-state index contributed by atoms with van der Waals surface area (Å²) < 4.78 is 28.6. The molecule has 1 aliphatic carbocycles. The second-order valence-electron chi connectivity index (χ2n) is 5.07. The van der Waals surface area contributed by atoms with Gasteiger partial charge in [-0.1, -0.05) is 18.9 Å². The van der Waals surface area contributed by atoms with Gasteiger partial charge in [0.25, 0.3) is 10.2 Å². The molecule has 7 heteroatoms. The largest absolute Gasteiger partial charge is 0.394 e. The molecule has 0 aromatic carbocycles. The van der Waals surface area contributed by atoms with Gasteiger partial charge in [0.2, 0.25) is 0 Å². The summed E-state index contributed by atoms with van der Waals surface area (Å²) in [7, 11) is -2.03. The fraction of sp³-hybridized carbons (Fsp3) is 0.615. The molecule has 1 atom stereocenters. The van der Waals surface area contributed by atoms with Crippen molar-refractivity contribution in [1.29, 1.82) is 0 Å². The maximum atomic E-state index is 12.3. The van der Waals surface area contributed by atoms with Crippen LogP contribution in [0.25, 0.3) is 0 Å². The van der Waals surface area contributed by atoms with E-state index >= 15 is 0 Å². The number of hydrogen-bond acceptors (Lipinski definition) is 4. The SMILES string of the molecule is CN(C1CCCC1)S(=O)(=O)NC(CO)c1ccccn1. The molecule has 0 spiro atoms. The van der Waals surface area contributed by atoms with E-state index in [9.17, 15) is 13.5 Å². The number of hydrogen-bond donors (Lipinski definition) is 2. The van der Waals surface area contributed by atoms with Crippen LogP contribution in [-0.2, 0) is 10.2 Å². The predicted molar refractivity (Wildman–Crippen MR) is 76.1 cm³/mol. The summed E-state index contributed by atoms with van der Waals surface area (Å²) in [5, 5.41) is 9.40. The van der Waals surface area contributed by atoms with Crippen LogP contribution in [0.4, 0.5) is 0 Å². The third-order valence-electron chi connectivity index (χ3n) is 3.74. The lowest BCUT2D eigenvalue weighted by atomic mass is 10.2. The number of rotatable bonds is 6. The van der Waals surface area contributed by atoms with Crippen molar-refractivity contribution in [2.24, 2.45) is 0 Å². The van der Waals surface area contributed by atoms with Crippen LogP contribution in [-0.4, -0.2) is 42.5 Å². The van der Waals surface area contributed by atoms with E-state index in [4.69, 9.17) is 0 Å². The molecule has 1 fully saturated rings. The Morgan fingerprint density at radius 2 is 2.15 bits per heavy atom. The van der Waals surface area contributed by atoms with E-state index in [0.717, 1.165) is 25.7 Å². The Labute approximate surface area is 120 Å². The number of pyridine rings is 1. The molecule has 0 amide bonds. The highest BCUT2D eigenvalue weighted by atomic mass is 32.2. The fourth-order valence-electron chi connectivity index (χ4n) is 2.50. The highest BCUT2D eigenvalue weighted by Crippen LogP contribution is 2.24. The van der Waals surface area contributed by atoms with Crippen molar-refractivity contribution in [3.05, 3.63) is 30.1 Å². The van der Waals surface area contributed by atoms with E-state index in [1.54, 1.807) is 31.4 Å². The first-order valence-electron chi connectivity index (χ1n) is 6.81. The summed E-state index contributed by atoms with van der Waals surface area (Å²) in [5.74, 6) is 0. The number of aliphatic hydroxyl groups excluding tert-OH is 1. The minimum atomic E-state index is -3.62. The summed E-state index contributed by atoms with van der Waals surface area (Å²) in [6.45, 7) is -0.325. The minimum absolute atomic E-state index is 0.0515. The Morgan fingerprint density at radius 1 is 1.45 bits per heavy atom. The molecule has 2 rings (SSSR count). The van der Waals surface area contributed by atoms with Gasteiger partial charge in [0.15, 0.2) is 0 Å². The average Bonchev–Trinajstić information content (AvgIpc) is 2.99. The molecule has 1 aromatic heterocycles. The third-order valence-corrected chi connectivity index (χ3v) is 5.38. The minimum Gasteiger partial charge on any atom is -0.394 e. The first-order valence-corrected chi connectivity index (χ1v) is 8.25. The highest BCUT2D eigenvalue weighted by molar-refractivity contribution is 7.87. The number of nitrogens with zero attached hydrogens (tertiary/aromatic N) is 2. The lowest BCUT2D eigenvalue weighted by molar-refractivity contribution is 0.252. The van der Waals surface area contributed by atoms with Crippen LogP contribution in [0.3, 0.4) is 0 Å². The first kappa shape index (κ1) is 15.4. The molecule has 0 saturated heterocycles. The van der Waals surface area contributed by atoms with Crippen LogP contribution >= 0.6 is 0 Å². The van der Waals surface area contributed by atoms with Gasteiger partial charge in [0.1, 0.15) is 0 Å². The van der Waals surface area contributed by atoms with Gasteiger partial charge < -0.3 is 5.11 Å². The zero-order valence-corrected chi connectivity index (χ0v) is 12.4. The molecule has 6 nitrogen and oxygen atoms in total. The molecule has 1 aliphatic rings. The summed E-state index contributed by atoms with van der Waals surface area (Å²) >= 11 is 0. The normalized spacial score (nSPS) is 18.6. The van der Waals surface area contributed by atoms with Crippen LogP contribution in [0.5, 0.6) is 0 Å². The lowest BCUT2D eigenvalue weighted by Gasteiger charge is -2.26. The highest BCUT2D eigenvalue weighted by Gasteiger charge is 2.30. The van der Waals surface area contributed by atoms with E-state index in [0.29, 0.717) is 5.69 Å². The van der Waals surface area contributed by atoms with Crippen LogP contribution in [0.15, 0.2) is 24.4 Å². The molecule has 1 heterocycles. The smallest absolute Gasteiger partial charge is 0.280 e. The Hall–Kier alpha value is -1.02. The van der Waals surface area contributed by atoms with E-state index in [1.165, 1.54) is 4.31 Å². The zero-order valence-electron chi connectivity index (χ0n) is 11.6. The summed E-state index contributed by atoms with van der Waals surface area (Å²) in [4.78, 5) is 4.09. The van der Waals surface area contributed by atoms with Gasteiger partial charge in [-0.25, -0.2) is 0 Å². The van der Waals surface area contributed by atoms with Gasteiger partial charge in [-0.05, 0) is 25.0 Å². The van der Waals surface area contributed by atoms with E-state index in [2.05, 4.69) is 9.71 Å². The molecule has 0 aliphatic heterocycles. The average molecular weight is 299 g/mol. The molecule has 1 unspecified atom stereocenters. The molecule has 1 saturated carbocycles. The second kappa shape index (κ2) is 6.62. The molecule has 20 heavy (non-hydrogen) atoms. The van der Waals surface area contributed by atoms with Crippen LogP contribution in [0.1, 0.15) is 37.4 Å². The topological polar surface area (TPSA) is 82.5 Å². The van der Waals surface area contributed by atoms with E-state index < -0.39 is 16.3 Å². The summed E-state index contributed by atoms with van der Waals surface area (Å²) in [6.07, 6.45) is 5.49. The van der Waals surface area contributed by atoms with Gasteiger partial charge in [-0.2, -0.15) is 17.4 Å². The quantitative estimate of drug-likeness (QED) is 0.815. The van der Waals surface area contributed by atoms with Gasteiger partial charge in [-0.3, -0.25) is 4.98 Å². The molecule has 0 radical (unpaired) electrons. The van der Waals surface area contributed by atoms with Gasteiger partial charge in [0, 0.05) is 19.3 Å². The lowest BCUT2D eigenvalue weighted by Crippen LogP contribution is -2.45. The van der Waals surface area contributed by atoms with Crippen LogP contribution in [0.2, 0.25) is 0 Å². The first-order chi connectivity index (χ1) is 9.54. The Morgan fingerprint density at radius 3 is 2.70 bits per heavy atom. The maximum Gasteiger partial charge on any atom is 0.280 e. The van der Waals surface area contributed by atoms with Crippen LogP contribution in [0, 0.1) is 0 Å². The number of aliphatic hydroxyl groups is 1. The van der Waals surface area contributed by atoms with Crippen LogP contribution < -0.4 is 4.72 Å². The van der Waals surface area contributed by atoms with Gasteiger partial charge >= 0.3 is 0 Å². The standard InChI is InChI=1S/C13H21N3O3S/c1-16(11-6-2-3-7-11)20(18,19)15-13(10-17)12-8-4-5-9-14-12/h4-5,8-9,11,13,15,17H,2-3,6-7,10H2,1H3.